The second-order valence-corrected chi connectivity index (χ2v) is 7.68. The van der Waals surface area contributed by atoms with Crippen LogP contribution in [0.15, 0.2) is 66.7 Å². The van der Waals surface area contributed by atoms with Gasteiger partial charge in [-0.1, -0.05) is 22.9 Å². The number of ether oxygens (including phenoxy) is 2. The van der Waals surface area contributed by atoms with Gasteiger partial charge in [0.25, 0.3) is 5.91 Å². The highest BCUT2D eigenvalue weighted by atomic mass is 35.5. The van der Waals surface area contributed by atoms with Gasteiger partial charge in [0.1, 0.15) is 23.1 Å². The number of nitrogens with one attached hydrogen (secondary N) is 1. The summed E-state index contributed by atoms with van der Waals surface area (Å²) in [6.07, 6.45) is 0. The molecule has 4 aromatic rings. The molecule has 3 aromatic carbocycles. The summed E-state index contributed by atoms with van der Waals surface area (Å²) in [5.74, 6) is 1.00. The molecule has 0 fully saturated rings. The second kappa shape index (κ2) is 9.11. The molecule has 0 saturated heterocycles. The van der Waals surface area contributed by atoms with Crippen molar-refractivity contribution < 1.29 is 18.7 Å². The van der Waals surface area contributed by atoms with Gasteiger partial charge in [-0.15, -0.1) is 10.2 Å². The van der Waals surface area contributed by atoms with Crippen LogP contribution in [0.3, 0.4) is 0 Å². The lowest BCUT2D eigenvalue weighted by Gasteiger charge is -2.07. The molecule has 156 valence electrons. The Morgan fingerprint density at radius 1 is 0.968 bits per heavy atom. The summed E-state index contributed by atoms with van der Waals surface area (Å²) in [4.78, 5) is 12.4. The van der Waals surface area contributed by atoms with Crippen molar-refractivity contribution in [2.45, 2.75) is 0 Å². The monoisotopic (exact) mass is 455 g/mol. The largest absolute Gasteiger partial charge is 0.497 e. The van der Waals surface area contributed by atoms with Crippen LogP contribution in [0.25, 0.3) is 10.6 Å². The molecule has 0 aliphatic rings. The summed E-state index contributed by atoms with van der Waals surface area (Å²) in [7, 11) is 1.56. The van der Waals surface area contributed by atoms with Gasteiger partial charge in [-0.05, 0) is 60.7 Å². The third-order valence-electron chi connectivity index (χ3n) is 4.22. The minimum atomic E-state index is -0.341. The number of carbonyl (C=O) groups excluding carboxylic acids is 1. The number of halogens is 2. The van der Waals surface area contributed by atoms with Crippen molar-refractivity contribution in [3.63, 3.8) is 0 Å². The van der Waals surface area contributed by atoms with E-state index in [1.807, 2.05) is 0 Å². The van der Waals surface area contributed by atoms with Gasteiger partial charge in [0.05, 0.1) is 12.1 Å². The third-order valence-corrected chi connectivity index (χ3v) is 5.40. The fourth-order valence-electron chi connectivity index (χ4n) is 2.67. The van der Waals surface area contributed by atoms with Crippen LogP contribution in [0.5, 0.6) is 17.2 Å². The number of hydrogen-bond acceptors (Lipinski definition) is 6. The van der Waals surface area contributed by atoms with E-state index in [4.69, 9.17) is 21.1 Å². The van der Waals surface area contributed by atoms with E-state index < -0.39 is 0 Å². The van der Waals surface area contributed by atoms with Gasteiger partial charge in [-0.2, -0.15) is 0 Å². The number of rotatable bonds is 6. The lowest BCUT2D eigenvalue weighted by molar-refractivity contribution is 0.102. The maximum absolute atomic E-state index is 13.0. The number of carbonyl (C=O) groups is 1. The van der Waals surface area contributed by atoms with Crippen molar-refractivity contribution in [3.05, 3.63) is 83.1 Å². The molecule has 0 bridgehead atoms. The molecule has 4 rings (SSSR count). The first-order valence-electron chi connectivity index (χ1n) is 9.04. The minimum absolute atomic E-state index is 0.306. The van der Waals surface area contributed by atoms with Crippen LogP contribution in [0.2, 0.25) is 5.02 Å². The maximum atomic E-state index is 13.0. The van der Waals surface area contributed by atoms with Crippen LogP contribution in [-0.4, -0.2) is 23.2 Å². The van der Waals surface area contributed by atoms with Crippen molar-refractivity contribution in [2.24, 2.45) is 0 Å². The van der Waals surface area contributed by atoms with Crippen molar-refractivity contribution in [1.82, 2.24) is 10.2 Å². The van der Waals surface area contributed by atoms with E-state index in [1.54, 1.807) is 49.6 Å². The maximum Gasteiger partial charge on any atom is 0.257 e. The normalized spacial score (nSPS) is 10.5. The van der Waals surface area contributed by atoms with Crippen LogP contribution in [0.4, 0.5) is 9.52 Å². The first kappa shape index (κ1) is 20.8. The molecule has 31 heavy (non-hydrogen) atoms. The van der Waals surface area contributed by atoms with Gasteiger partial charge >= 0.3 is 0 Å². The number of methoxy groups -OCH3 is 1. The molecule has 9 heteroatoms. The van der Waals surface area contributed by atoms with Gasteiger partial charge < -0.3 is 9.47 Å². The Labute approximate surface area is 186 Å². The van der Waals surface area contributed by atoms with E-state index in [-0.39, 0.29) is 11.7 Å². The Kier molecular flexibility index (Phi) is 6.11. The van der Waals surface area contributed by atoms with Gasteiger partial charge in [0, 0.05) is 17.2 Å². The quantitative estimate of drug-likeness (QED) is 0.383. The standard InChI is InChI=1S/C22H15ClFN3O3S/c1-29-15-6-2-13(3-7-15)20(28)25-22-27-26-21(31-22)18-11-10-17(12-19(18)23)30-16-8-4-14(24)5-9-16/h2-12H,1H3,(H,25,27,28). The molecule has 0 radical (unpaired) electrons. The predicted molar refractivity (Wildman–Crippen MR) is 118 cm³/mol. The van der Waals surface area contributed by atoms with E-state index in [0.717, 1.165) is 0 Å². The van der Waals surface area contributed by atoms with Crippen LogP contribution >= 0.6 is 22.9 Å². The van der Waals surface area contributed by atoms with Gasteiger partial charge in [0.2, 0.25) is 5.13 Å². The van der Waals surface area contributed by atoms with E-state index in [9.17, 15) is 9.18 Å². The molecule has 0 atom stereocenters. The molecular weight excluding hydrogens is 441 g/mol. The molecule has 0 saturated carbocycles. The summed E-state index contributed by atoms with van der Waals surface area (Å²) in [5, 5.41) is 12.1. The van der Waals surface area contributed by atoms with E-state index in [2.05, 4.69) is 15.5 Å². The molecule has 0 aliphatic heterocycles. The summed E-state index contributed by atoms with van der Waals surface area (Å²) in [5.41, 5.74) is 1.12. The zero-order valence-electron chi connectivity index (χ0n) is 16.1. The molecule has 1 amide bonds. The van der Waals surface area contributed by atoms with Crippen LogP contribution < -0.4 is 14.8 Å². The fourth-order valence-corrected chi connectivity index (χ4v) is 3.76. The first-order valence-corrected chi connectivity index (χ1v) is 10.2. The Hall–Kier alpha value is -3.49. The van der Waals surface area contributed by atoms with Crippen LogP contribution in [0, 0.1) is 5.82 Å². The molecule has 1 N–H and O–H groups in total. The van der Waals surface area contributed by atoms with E-state index in [0.29, 0.717) is 43.5 Å². The number of hydrogen-bond donors (Lipinski definition) is 1. The third kappa shape index (κ3) is 4.99. The summed E-state index contributed by atoms with van der Waals surface area (Å²) in [6, 6.07) is 17.5. The number of amides is 1. The second-order valence-electron chi connectivity index (χ2n) is 6.29. The fraction of sp³-hybridized carbons (Fsp3) is 0.0455. The highest BCUT2D eigenvalue weighted by molar-refractivity contribution is 7.18. The van der Waals surface area contributed by atoms with Crippen LogP contribution in [-0.2, 0) is 0 Å². The van der Waals surface area contributed by atoms with Crippen molar-refractivity contribution in [3.8, 4) is 27.8 Å². The summed E-state index contributed by atoms with van der Waals surface area (Å²) in [6.45, 7) is 0. The van der Waals surface area contributed by atoms with Crippen molar-refractivity contribution in [2.75, 3.05) is 12.4 Å². The van der Waals surface area contributed by atoms with E-state index >= 15 is 0 Å². The molecule has 0 aliphatic carbocycles. The molecule has 0 unspecified atom stereocenters. The van der Waals surface area contributed by atoms with Crippen LogP contribution in [0.1, 0.15) is 10.4 Å². The molecular formula is C22H15ClFN3O3S. The number of benzene rings is 3. The van der Waals surface area contributed by atoms with Crippen molar-refractivity contribution in [1.29, 1.82) is 0 Å². The Balaban J connectivity index is 1.46. The Morgan fingerprint density at radius 3 is 2.32 bits per heavy atom. The zero-order valence-corrected chi connectivity index (χ0v) is 17.7. The predicted octanol–water partition coefficient (Wildman–Crippen LogP) is 6.05. The number of anilines is 1. The van der Waals surface area contributed by atoms with Gasteiger partial charge in [0.15, 0.2) is 5.01 Å². The Bertz CT molecular complexity index is 1210. The zero-order chi connectivity index (χ0) is 21.8. The van der Waals surface area contributed by atoms with Gasteiger partial charge in [-0.3, -0.25) is 10.1 Å². The average molecular weight is 456 g/mol. The highest BCUT2D eigenvalue weighted by Gasteiger charge is 2.14. The minimum Gasteiger partial charge on any atom is -0.497 e. The topological polar surface area (TPSA) is 73.3 Å². The highest BCUT2D eigenvalue weighted by Crippen LogP contribution is 2.35. The SMILES string of the molecule is COc1ccc(C(=O)Nc2nnc(-c3ccc(Oc4ccc(F)cc4)cc3Cl)s2)cc1. The average Bonchev–Trinajstić information content (AvgIpc) is 3.23. The number of nitrogens with zero attached hydrogens (tertiary/aromatic N) is 2. The number of aromatic nitrogens is 2. The Morgan fingerprint density at radius 2 is 1.65 bits per heavy atom. The lowest BCUT2D eigenvalue weighted by Crippen LogP contribution is -2.11. The molecule has 1 aromatic heterocycles. The lowest BCUT2D eigenvalue weighted by atomic mass is 10.2. The molecule has 6 nitrogen and oxygen atoms in total. The van der Waals surface area contributed by atoms with Crippen molar-refractivity contribution >= 4 is 34.0 Å². The van der Waals surface area contributed by atoms with E-state index in [1.165, 1.54) is 35.6 Å². The summed E-state index contributed by atoms with van der Waals surface area (Å²) >= 11 is 7.59. The smallest absolute Gasteiger partial charge is 0.257 e. The molecule has 0 spiro atoms. The van der Waals surface area contributed by atoms with Gasteiger partial charge in [-0.25, -0.2) is 4.39 Å². The first-order chi connectivity index (χ1) is 15.0. The summed E-state index contributed by atoms with van der Waals surface area (Å²) < 4.78 is 23.8. The molecule has 1 heterocycles.